The molecule has 1 heterocycles. The molecule has 0 radical (unpaired) electrons. The van der Waals surface area contributed by atoms with Gasteiger partial charge in [-0.25, -0.2) is 0 Å². The van der Waals surface area contributed by atoms with Crippen LogP contribution in [0.25, 0.3) is 0 Å². The summed E-state index contributed by atoms with van der Waals surface area (Å²) >= 11 is 0. The summed E-state index contributed by atoms with van der Waals surface area (Å²) in [7, 11) is -2.51. The fourth-order valence-corrected chi connectivity index (χ4v) is 21.8. The maximum absolute atomic E-state index is 6.87. The monoisotopic (exact) mass is 282 g/mol. The summed E-state index contributed by atoms with van der Waals surface area (Å²) in [6.45, 7) is 5.14. The minimum Gasteiger partial charge on any atom is -0.455 e. The van der Waals surface area contributed by atoms with Crippen LogP contribution in [0.3, 0.4) is 0 Å². The van der Waals surface area contributed by atoms with Crippen LogP contribution < -0.4 is 0 Å². The van der Waals surface area contributed by atoms with Crippen LogP contribution in [-0.4, -0.2) is 16.6 Å². The van der Waals surface area contributed by atoms with Crippen LogP contribution in [0.15, 0.2) is 0 Å². The molecule has 0 bridgehead atoms. The third-order valence-corrected chi connectivity index (χ3v) is 20.1. The first-order chi connectivity index (χ1) is 8.62. The Kier molecular flexibility index (Phi) is 3.76. The normalized spacial score (nSPS) is 43.7. The average molecular weight is 283 g/mol. The van der Waals surface area contributed by atoms with E-state index in [4.69, 9.17) is 4.12 Å². The van der Waals surface area contributed by atoms with E-state index >= 15 is 0 Å². The lowest BCUT2D eigenvalue weighted by Gasteiger charge is -2.58. The predicted octanol–water partition coefficient (Wildman–Crippen LogP) is 5.38. The molecule has 3 rings (SSSR count). The van der Waals surface area contributed by atoms with E-state index in [2.05, 4.69) is 13.1 Å². The van der Waals surface area contributed by atoms with Gasteiger partial charge >= 0.3 is 0 Å². The summed E-state index contributed by atoms with van der Waals surface area (Å²) < 4.78 is 6.87. The Bertz CT molecular complexity index is 259. The van der Waals surface area contributed by atoms with Gasteiger partial charge in [0.2, 0.25) is 0 Å². The van der Waals surface area contributed by atoms with E-state index in [1.54, 1.807) is 5.67 Å². The van der Waals surface area contributed by atoms with Gasteiger partial charge in [-0.1, -0.05) is 64.2 Å². The van der Waals surface area contributed by atoms with Gasteiger partial charge in [-0.05, 0) is 29.8 Å². The molecule has 3 fully saturated rings. The first-order valence-electron chi connectivity index (χ1n) is 8.33. The van der Waals surface area contributed by atoms with Gasteiger partial charge in [-0.15, -0.1) is 0 Å². The fourth-order valence-electron chi connectivity index (χ4n) is 5.10. The molecule has 3 heteroatoms. The van der Waals surface area contributed by atoms with E-state index < -0.39 is 16.6 Å². The van der Waals surface area contributed by atoms with Crippen LogP contribution in [0.5, 0.6) is 0 Å². The molecule has 0 aromatic heterocycles. The Morgan fingerprint density at radius 3 is 1.33 bits per heavy atom. The van der Waals surface area contributed by atoms with Crippen molar-refractivity contribution in [1.29, 1.82) is 0 Å². The number of hydrogen-bond acceptors (Lipinski definition) is 1. The van der Waals surface area contributed by atoms with Crippen LogP contribution in [0.2, 0.25) is 29.8 Å². The van der Waals surface area contributed by atoms with E-state index in [9.17, 15) is 0 Å². The zero-order valence-corrected chi connectivity index (χ0v) is 14.3. The first-order valence-corrected chi connectivity index (χ1v) is 13.7. The van der Waals surface area contributed by atoms with Crippen molar-refractivity contribution in [3.05, 3.63) is 0 Å². The highest BCUT2D eigenvalue weighted by Gasteiger charge is 2.60. The zero-order valence-electron chi connectivity index (χ0n) is 12.3. The topological polar surface area (TPSA) is 9.23 Å². The second-order valence-corrected chi connectivity index (χ2v) is 16.7. The summed E-state index contributed by atoms with van der Waals surface area (Å²) in [5, 5.41) is 0. The van der Waals surface area contributed by atoms with Crippen molar-refractivity contribution in [2.45, 2.75) is 94.1 Å². The Balaban J connectivity index is 1.59. The summed E-state index contributed by atoms with van der Waals surface area (Å²) in [5.74, 6) is 0. The molecule has 0 spiro atoms. The van der Waals surface area contributed by atoms with Gasteiger partial charge in [0, 0.05) is 0 Å². The quantitative estimate of drug-likeness (QED) is 0.618. The van der Waals surface area contributed by atoms with Crippen molar-refractivity contribution in [2.24, 2.45) is 0 Å². The standard InChI is InChI=1S/C15H30OSi2/c1-17(14-9-5-3-6-10-14)13-18(2,16-17)15-11-7-4-8-12-15/h14-15H,3-13H2,1-2H3. The summed E-state index contributed by atoms with van der Waals surface area (Å²) in [5.41, 5.74) is 3.65. The molecule has 1 nitrogen and oxygen atoms in total. The number of rotatable bonds is 2. The second kappa shape index (κ2) is 5.06. The van der Waals surface area contributed by atoms with Gasteiger partial charge < -0.3 is 4.12 Å². The van der Waals surface area contributed by atoms with Crippen LogP contribution in [0.1, 0.15) is 64.2 Å². The van der Waals surface area contributed by atoms with Crippen molar-refractivity contribution >= 4 is 16.6 Å². The van der Waals surface area contributed by atoms with Crippen molar-refractivity contribution in [3.8, 4) is 0 Å². The van der Waals surface area contributed by atoms with E-state index in [0.717, 1.165) is 11.1 Å². The van der Waals surface area contributed by atoms with Gasteiger partial charge in [-0.3, -0.25) is 0 Å². The SMILES string of the molecule is C[Si]1(C2CCCCC2)C[Si](C)(C2CCCCC2)O1. The highest BCUT2D eigenvalue weighted by Crippen LogP contribution is 2.55. The van der Waals surface area contributed by atoms with E-state index in [-0.39, 0.29) is 0 Å². The molecule has 0 N–H and O–H groups in total. The number of hydrogen-bond donors (Lipinski definition) is 0. The molecule has 18 heavy (non-hydrogen) atoms. The average Bonchev–Trinajstić information content (AvgIpc) is 2.39. The van der Waals surface area contributed by atoms with E-state index in [1.807, 2.05) is 0 Å². The van der Waals surface area contributed by atoms with Gasteiger partial charge in [0.15, 0.2) is 16.6 Å². The molecule has 2 unspecified atom stereocenters. The molecule has 104 valence electrons. The minimum atomic E-state index is -1.25. The fraction of sp³-hybridized carbons (Fsp3) is 1.00. The Morgan fingerprint density at radius 1 is 0.667 bits per heavy atom. The van der Waals surface area contributed by atoms with E-state index in [1.165, 1.54) is 64.2 Å². The Labute approximate surface area is 115 Å². The molecular weight excluding hydrogens is 252 g/mol. The van der Waals surface area contributed by atoms with Gasteiger partial charge in [0.05, 0.1) is 0 Å². The Hall–Kier alpha value is 0.394. The molecule has 0 amide bonds. The lowest BCUT2D eigenvalue weighted by atomic mass is 10.0. The maximum atomic E-state index is 6.87. The van der Waals surface area contributed by atoms with Crippen LogP contribution in [0.4, 0.5) is 0 Å². The molecule has 3 aliphatic rings. The van der Waals surface area contributed by atoms with Crippen LogP contribution in [-0.2, 0) is 4.12 Å². The molecule has 2 aliphatic carbocycles. The molecular formula is C15H30OSi2. The van der Waals surface area contributed by atoms with Gasteiger partial charge in [0.25, 0.3) is 0 Å². The summed E-state index contributed by atoms with van der Waals surface area (Å²) in [6, 6.07) is 0. The van der Waals surface area contributed by atoms with Crippen LogP contribution in [0, 0.1) is 0 Å². The predicted molar refractivity (Wildman–Crippen MR) is 82.8 cm³/mol. The smallest absolute Gasteiger partial charge is 0.179 e. The zero-order chi connectivity index (χ0) is 12.6. The summed E-state index contributed by atoms with van der Waals surface area (Å²) in [4.78, 5) is 0. The summed E-state index contributed by atoms with van der Waals surface area (Å²) in [6.07, 6.45) is 14.9. The highest BCUT2D eigenvalue weighted by molar-refractivity contribution is 7.04. The van der Waals surface area contributed by atoms with Crippen LogP contribution >= 0.6 is 0 Å². The third kappa shape index (κ3) is 2.38. The molecule has 1 aliphatic heterocycles. The highest BCUT2D eigenvalue weighted by atomic mass is 28.5. The lowest BCUT2D eigenvalue weighted by Crippen LogP contribution is -2.67. The van der Waals surface area contributed by atoms with Crippen molar-refractivity contribution < 1.29 is 4.12 Å². The lowest BCUT2D eigenvalue weighted by molar-refractivity contribution is 0.373. The second-order valence-electron chi connectivity index (χ2n) is 7.57. The molecule has 2 atom stereocenters. The maximum Gasteiger partial charge on any atom is 0.179 e. The van der Waals surface area contributed by atoms with Crippen molar-refractivity contribution in [3.63, 3.8) is 0 Å². The largest absolute Gasteiger partial charge is 0.455 e. The molecule has 2 saturated carbocycles. The molecule has 0 aromatic carbocycles. The minimum absolute atomic E-state index is 1.02. The van der Waals surface area contributed by atoms with E-state index in [0.29, 0.717) is 0 Å². The first kappa shape index (κ1) is 13.4. The Morgan fingerprint density at radius 2 is 1.00 bits per heavy atom. The van der Waals surface area contributed by atoms with Crippen molar-refractivity contribution in [2.75, 3.05) is 0 Å². The van der Waals surface area contributed by atoms with Gasteiger partial charge in [0.1, 0.15) is 0 Å². The van der Waals surface area contributed by atoms with Gasteiger partial charge in [-0.2, -0.15) is 0 Å². The van der Waals surface area contributed by atoms with Crippen molar-refractivity contribution in [1.82, 2.24) is 0 Å². The third-order valence-electron chi connectivity index (χ3n) is 6.11. The molecule has 0 aromatic rings. The molecule has 1 saturated heterocycles.